The van der Waals surface area contributed by atoms with Crippen LogP contribution in [0.15, 0.2) is 18.2 Å². The summed E-state index contributed by atoms with van der Waals surface area (Å²) in [7, 11) is 0. The van der Waals surface area contributed by atoms with Crippen molar-refractivity contribution in [1.29, 1.82) is 0 Å². The number of carboxylic acid groups (broad SMARTS) is 1. The standard InChI is InChI=1S/C16H22N2O5/c1-11(18-16(21)17-8-2-3-15(19)20)4-5-12-6-7-13-14(9-12)23-10-22-13/h6-7,9,11H,2-5,8,10H2,1H3,(H,19,20)(H2,17,18,21). The van der Waals surface area contributed by atoms with Crippen molar-refractivity contribution in [1.82, 2.24) is 10.6 Å². The molecule has 0 saturated carbocycles. The van der Waals surface area contributed by atoms with Crippen molar-refractivity contribution in [3.8, 4) is 11.5 Å². The van der Waals surface area contributed by atoms with Gasteiger partial charge in [-0.1, -0.05) is 6.07 Å². The summed E-state index contributed by atoms with van der Waals surface area (Å²) in [6.45, 7) is 2.55. The Balaban J connectivity index is 1.65. The summed E-state index contributed by atoms with van der Waals surface area (Å²) in [6.07, 6.45) is 2.09. The first kappa shape index (κ1) is 16.9. The Morgan fingerprint density at radius 3 is 2.87 bits per heavy atom. The number of rotatable bonds is 8. The van der Waals surface area contributed by atoms with Gasteiger partial charge in [0.25, 0.3) is 0 Å². The molecule has 1 aromatic rings. The molecule has 0 saturated heterocycles. The summed E-state index contributed by atoms with van der Waals surface area (Å²) >= 11 is 0. The number of aryl methyl sites for hydroxylation is 1. The predicted octanol–water partition coefficient (Wildman–Crippen LogP) is 1.90. The molecule has 126 valence electrons. The lowest BCUT2D eigenvalue weighted by Crippen LogP contribution is -2.41. The third-order valence-corrected chi connectivity index (χ3v) is 3.53. The van der Waals surface area contributed by atoms with Crippen molar-refractivity contribution in [2.45, 2.75) is 38.6 Å². The fraction of sp³-hybridized carbons (Fsp3) is 0.500. The maximum Gasteiger partial charge on any atom is 0.314 e. The Labute approximate surface area is 135 Å². The number of carbonyl (C=O) groups is 2. The van der Waals surface area contributed by atoms with Crippen LogP contribution in [0.1, 0.15) is 31.7 Å². The molecule has 0 fully saturated rings. The average molecular weight is 322 g/mol. The number of carboxylic acids is 1. The number of benzene rings is 1. The molecule has 0 radical (unpaired) electrons. The van der Waals surface area contributed by atoms with E-state index >= 15 is 0 Å². The van der Waals surface area contributed by atoms with Crippen LogP contribution in [0.3, 0.4) is 0 Å². The summed E-state index contributed by atoms with van der Waals surface area (Å²) in [5, 5.41) is 14.0. The van der Waals surface area contributed by atoms with E-state index in [1.165, 1.54) is 0 Å². The van der Waals surface area contributed by atoms with Crippen LogP contribution in [0, 0.1) is 0 Å². The minimum atomic E-state index is -0.857. The smallest absolute Gasteiger partial charge is 0.314 e. The summed E-state index contributed by atoms with van der Waals surface area (Å²) in [5.41, 5.74) is 1.13. The van der Waals surface area contributed by atoms with Crippen molar-refractivity contribution in [3.63, 3.8) is 0 Å². The van der Waals surface area contributed by atoms with Gasteiger partial charge in [0.05, 0.1) is 0 Å². The van der Waals surface area contributed by atoms with Gasteiger partial charge in [0.2, 0.25) is 6.79 Å². The minimum Gasteiger partial charge on any atom is -0.481 e. The van der Waals surface area contributed by atoms with Gasteiger partial charge in [-0.25, -0.2) is 4.79 Å². The Hall–Kier alpha value is -2.44. The highest BCUT2D eigenvalue weighted by Gasteiger charge is 2.14. The second kappa shape index (κ2) is 8.26. The number of hydrogen-bond donors (Lipinski definition) is 3. The maximum atomic E-state index is 11.7. The Morgan fingerprint density at radius 2 is 2.09 bits per heavy atom. The number of hydrogen-bond acceptors (Lipinski definition) is 4. The summed E-state index contributed by atoms with van der Waals surface area (Å²) in [6, 6.07) is 5.59. The van der Waals surface area contributed by atoms with Crippen LogP contribution >= 0.6 is 0 Å². The van der Waals surface area contributed by atoms with Crippen molar-refractivity contribution in [3.05, 3.63) is 23.8 Å². The highest BCUT2D eigenvalue weighted by atomic mass is 16.7. The minimum absolute atomic E-state index is 0.0138. The molecule has 0 aliphatic carbocycles. The van der Waals surface area contributed by atoms with E-state index in [0.717, 1.165) is 29.9 Å². The van der Waals surface area contributed by atoms with E-state index < -0.39 is 5.97 Å². The van der Waals surface area contributed by atoms with Crippen LogP contribution in [0.25, 0.3) is 0 Å². The third-order valence-electron chi connectivity index (χ3n) is 3.53. The number of nitrogens with one attached hydrogen (secondary N) is 2. The molecule has 2 amide bonds. The molecule has 1 unspecified atom stereocenters. The molecule has 0 aromatic heterocycles. The second-order valence-corrected chi connectivity index (χ2v) is 5.52. The second-order valence-electron chi connectivity index (χ2n) is 5.52. The van der Waals surface area contributed by atoms with Crippen LogP contribution in [0.2, 0.25) is 0 Å². The molecule has 0 spiro atoms. The monoisotopic (exact) mass is 322 g/mol. The molecule has 0 bridgehead atoms. The van der Waals surface area contributed by atoms with Gasteiger partial charge in [0.15, 0.2) is 11.5 Å². The largest absolute Gasteiger partial charge is 0.481 e. The number of amides is 2. The highest BCUT2D eigenvalue weighted by Crippen LogP contribution is 2.32. The Bertz CT molecular complexity index is 561. The molecule has 3 N–H and O–H groups in total. The quantitative estimate of drug-likeness (QED) is 0.635. The molecule has 1 atom stereocenters. The van der Waals surface area contributed by atoms with E-state index in [9.17, 15) is 9.59 Å². The predicted molar refractivity (Wildman–Crippen MR) is 83.8 cm³/mol. The molecule has 23 heavy (non-hydrogen) atoms. The lowest BCUT2D eigenvalue weighted by molar-refractivity contribution is -0.137. The van der Waals surface area contributed by atoms with Crippen LogP contribution in [-0.2, 0) is 11.2 Å². The van der Waals surface area contributed by atoms with Gasteiger partial charge < -0.3 is 25.2 Å². The fourth-order valence-electron chi connectivity index (χ4n) is 2.27. The van der Waals surface area contributed by atoms with Crippen molar-refractivity contribution in [2.24, 2.45) is 0 Å². The van der Waals surface area contributed by atoms with Gasteiger partial charge in [0, 0.05) is 19.0 Å². The number of carbonyl (C=O) groups excluding carboxylic acids is 1. The summed E-state index contributed by atoms with van der Waals surface area (Å²) in [5.74, 6) is 0.671. The molecule has 2 rings (SSSR count). The van der Waals surface area contributed by atoms with E-state index in [1.807, 2.05) is 25.1 Å². The molecule has 1 aliphatic rings. The van der Waals surface area contributed by atoms with Gasteiger partial charge in [-0.2, -0.15) is 0 Å². The Morgan fingerprint density at radius 1 is 1.30 bits per heavy atom. The Kier molecular flexibility index (Phi) is 6.08. The lowest BCUT2D eigenvalue weighted by Gasteiger charge is -2.14. The van der Waals surface area contributed by atoms with Crippen LogP contribution < -0.4 is 20.1 Å². The third kappa shape index (κ3) is 5.69. The van der Waals surface area contributed by atoms with E-state index in [-0.39, 0.29) is 25.3 Å². The number of ether oxygens (including phenoxy) is 2. The normalized spacial score (nSPS) is 13.4. The first-order chi connectivity index (χ1) is 11.0. The van der Waals surface area contributed by atoms with E-state index in [4.69, 9.17) is 14.6 Å². The summed E-state index contributed by atoms with van der Waals surface area (Å²) in [4.78, 5) is 22.0. The molecule has 1 aromatic carbocycles. The lowest BCUT2D eigenvalue weighted by atomic mass is 10.1. The van der Waals surface area contributed by atoms with Crippen molar-refractivity contribution in [2.75, 3.05) is 13.3 Å². The summed E-state index contributed by atoms with van der Waals surface area (Å²) < 4.78 is 10.6. The van der Waals surface area contributed by atoms with Gasteiger partial charge in [-0.3, -0.25) is 4.79 Å². The first-order valence-corrected chi connectivity index (χ1v) is 7.69. The number of aliphatic carboxylic acids is 1. The van der Waals surface area contributed by atoms with Gasteiger partial charge in [0.1, 0.15) is 0 Å². The number of urea groups is 1. The number of fused-ring (bicyclic) bond motifs is 1. The zero-order valence-electron chi connectivity index (χ0n) is 13.1. The SMILES string of the molecule is CC(CCc1ccc2c(c1)OCO2)NC(=O)NCCCC(=O)O. The average Bonchev–Trinajstić information content (AvgIpc) is 2.97. The zero-order valence-corrected chi connectivity index (χ0v) is 13.1. The van der Waals surface area contributed by atoms with Gasteiger partial charge in [-0.15, -0.1) is 0 Å². The van der Waals surface area contributed by atoms with E-state index in [2.05, 4.69) is 10.6 Å². The van der Waals surface area contributed by atoms with E-state index in [0.29, 0.717) is 13.0 Å². The topological polar surface area (TPSA) is 96.9 Å². The van der Waals surface area contributed by atoms with Gasteiger partial charge in [-0.05, 0) is 43.9 Å². The van der Waals surface area contributed by atoms with Crippen LogP contribution in [0.4, 0.5) is 4.79 Å². The van der Waals surface area contributed by atoms with Gasteiger partial charge >= 0.3 is 12.0 Å². The zero-order chi connectivity index (χ0) is 16.7. The highest BCUT2D eigenvalue weighted by molar-refractivity contribution is 5.74. The maximum absolute atomic E-state index is 11.7. The first-order valence-electron chi connectivity index (χ1n) is 7.69. The molecule has 1 heterocycles. The molecule has 7 nitrogen and oxygen atoms in total. The van der Waals surface area contributed by atoms with Crippen molar-refractivity contribution < 1.29 is 24.2 Å². The molecular weight excluding hydrogens is 300 g/mol. The van der Waals surface area contributed by atoms with Crippen LogP contribution in [-0.4, -0.2) is 36.5 Å². The molecule has 1 aliphatic heterocycles. The molecular formula is C16H22N2O5. The van der Waals surface area contributed by atoms with Crippen molar-refractivity contribution >= 4 is 12.0 Å². The molecule has 7 heteroatoms. The van der Waals surface area contributed by atoms with E-state index in [1.54, 1.807) is 0 Å². The fourth-order valence-corrected chi connectivity index (χ4v) is 2.27. The van der Waals surface area contributed by atoms with Crippen LogP contribution in [0.5, 0.6) is 11.5 Å².